The van der Waals surface area contributed by atoms with E-state index in [4.69, 9.17) is 5.73 Å². The minimum absolute atomic E-state index is 0. The van der Waals surface area contributed by atoms with Gasteiger partial charge in [-0.3, -0.25) is 14.5 Å². The molecule has 1 aromatic carbocycles. The van der Waals surface area contributed by atoms with E-state index < -0.39 is 10.0 Å². The molecular formula is C17H25ClN4O3S. The Bertz CT molecular complexity index is 812. The van der Waals surface area contributed by atoms with Gasteiger partial charge < -0.3 is 10.6 Å². The Hall–Kier alpha value is -1.64. The zero-order valence-corrected chi connectivity index (χ0v) is 16.5. The van der Waals surface area contributed by atoms with Crippen LogP contribution in [0.25, 0.3) is 0 Å². The largest absolute Gasteiger partial charge is 0.340 e. The number of hydrogen-bond acceptors (Lipinski definition) is 5. The third-order valence-electron chi connectivity index (χ3n) is 4.80. The van der Waals surface area contributed by atoms with Crippen LogP contribution in [0, 0.1) is 5.92 Å². The van der Waals surface area contributed by atoms with Gasteiger partial charge >= 0.3 is 0 Å². The summed E-state index contributed by atoms with van der Waals surface area (Å²) in [6.45, 7) is 5.13. The lowest BCUT2D eigenvalue weighted by atomic mass is 10.1. The van der Waals surface area contributed by atoms with Gasteiger partial charge in [-0.1, -0.05) is 12.1 Å². The summed E-state index contributed by atoms with van der Waals surface area (Å²) >= 11 is 0. The van der Waals surface area contributed by atoms with Gasteiger partial charge in [0.2, 0.25) is 5.91 Å². The molecular weight excluding hydrogens is 376 g/mol. The molecule has 0 aromatic heterocycles. The maximum absolute atomic E-state index is 12.6. The summed E-state index contributed by atoms with van der Waals surface area (Å²) in [5.41, 5.74) is 6.27. The molecule has 3 unspecified atom stereocenters. The number of aliphatic imine (C=N–C) groups is 1. The molecule has 1 fully saturated rings. The van der Waals surface area contributed by atoms with Crippen LogP contribution >= 0.6 is 12.4 Å². The van der Waals surface area contributed by atoms with E-state index in [2.05, 4.69) is 9.71 Å². The lowest BCUT2D eigenvalue weighted by molar-refractivity contribution is -0.132. The fraction of sp³-hybridized carbons (Fsp3) is 0.529. The first kappa shape index (κ1) is 20.7. The molecule has 1 saturated heterocycles. The van der Waals surface area contributed by atoms with Crippen molar-refractivity contribution in [3.8, 4) is 0 Å². The maximum Gasteiger partial charge on any atom is 0.263 e. The summed E-state index contributed by atoms with van der Waals surface area (Å²) in [5, 5.41) is 0. The van der Waals surface area contributed by atoms with Crippen molar-refractivity contribution in [3.63, 3.8) is 0 Å². The van der Waals surface area contributed by atoms with E-state index in [1.165, 1.54) is 0 Å². The predicted octanol–water partition coefficient (Wildman–Crippen LogP) is 1.12. The van der Waals surface area contributed by atoms with Crippen molar-refractivity contribution >= 4 is 34.2 Å². The van der Waals surface area contributed by atoms with E-state index in [0.29, 0.717) is 30.4 Å². The second-order valence-electron chi connectivity index (χ2n) is 6.87. The van der Waals surface area contributed by atoms with Gasteiger partial charge in [-0.2, -0.15) is 0 Å². The number of carbonyl (C=O) groups is 1. The van der Waals surface area contributed by atoms with Gasteiger partial charge in [0.25, 0.3) is 10.0 Å². The monoisotopic (exact) mass is 400 g/mol. The number of halogens is 1. The van der Waals surface area contributed by atoms with Crippen LogP contribution in [-0.2, 0) is 14.8 Å². The molecule has 2 aliphatic heterocycles. The van der Waals surface area contributed by atoms with Crippen molar-refractivity contribution in [2.45, 2.75) is 43.7 Å². The Balaban J connectivity index is 0.00000243. The first-order valence-corrected chi connectivity index (χ1v) is 9.99. The topological polar surface area (TPSA) is 105 Å². The van der Waals surface area contributed by atoms with E-state index in [1.807, 2.05) is 18.7 Å². The molecule has 1 amide bonds. The molecule has 7 nitrogen and oxygen atoms in total. The zero-order valence-electron chi connectivity index (χ0n) is 14.9. The Labute approximate surface area is 160 Å². The van der Waals surface area contributed by atoms with Crippen LogP contribution in [0.15, 0.2) is 34.2 Å². The average molecular weight is 401 g/mol. The van der Waals surface area contributed by atoms with Gasteiger partial charge in [-0.05, 0) is 44.9 Å². The van der Waals surface area contributed by atoms with Gasteiger partial charge in [-0.25, -0.2) is 8.42 Å². The standard InChI is InChI=1S/C17H24N4O3S.ClH/c1-11(7-16(22)21-10-13(9-18)8-12(21)2)19-17-14-5-3-4-6-15(14)25(23,24)20-17;/h3-6,11-13H,7-10,18H2,1-2H3,(H,19,20);1H. The van der Waals surface area contributed by atoms with E-state index in [9.17, 15) is 13.2 Å². The van der Waals surface area contributed by atoms with E-state index in [0.717, 1.165) is 6.42 Å². The van der Waals surface area contributed by atoms with Crippen molar-refractivity contribution in [1.29, 1.82) is 0 Å². The number of nitrogens with zero attached hydrogens (tertiary/aromatic N) is 2. The summed E-state index contributed by atoms with van der Waals surface area (Å²) in [6, 6.07) is 6.58. The normalized spacial score (nSPS) is 26.1. The number of benzene rings is 1. The number of likely N-dealkylation sites (tertiary alicyclic amines) is 1. The summed E-state index contributed by atoms with van der Waals surface area (Å²) in [7, 11) is -3.55. The second kappa shape index (κ2) is 7.94. The smallest absolute Gasteiger partial charge is 0.263 e. The molecule has 3 atom stereocenters. The van der Waals surface area contributed by atoms with Crippen molar-refractivity contribution in [3.05, 3.63) is 29.8 Å². The molecule has 1 aromatic rings. The third kappa shape index (κ3) is 4.02. The van der Waals surface area contributed by atoms with E-state index >= 15 is 0 Å². The Morgan fingerprint density at radius 1 is 1.42 bits per heavy atom. The molecule has 0 spiro atoms. The number of hydrogen-bond donors (Lipinski definition) is 2. The minimum atomic E-state index is -3.55. The fourth-order valence-electron chi connectivity index (χ4n) is 3.53. The molecule has 0 aliphatic carbocycles. The highest BCUT2D eigenvalue weighted by Crippen LogP contribution is 2.25. The van der Waals surface area contributed by atoms with Crippen molar-refractivity contribution in [2.24, 2.45) is 16.6 Å². The number of sulfonamides is 1. The number of amides is 1. The molecule has 0 saturated carbocycles. The van der Waals surface area contributed by atoms with Gasteiger partial charge in [0.05, 0.1) is 10.9 Å². The number of nitrogens with two attached hydrogens (primary N) is 1. The fourth-order valence-corrected chi connectivity index (χ4v) is 4.77. The van der Waals surface area contributed by atoms with E-state index in [-0.39, 0.29) is 41.7 Å². The number of fused-ring (bicyclic) bond motifs is 1. The Morgan fingerprint density at radius 2 is 2.12 bits per heavy atom. The third-order valence-corrected chi connectivity index (χ3v) is 6.19. The average Bonchev–Trinajstić information content (AvgIpc) is 3.06. The molecule has 9 heteroatoms. The van der Waals surface area contributed by atoms with Crippen molar-refractivity contribution in [1.82, 2.24) is 9.62 Å². The number of amidine groups is 1. The molecule has 2 aliphatic rings. The summed E-state index contributed by atoms with van der Waals surface area (Å²) in [5.74, 6) is 0.703. The highest BCUT2D eigenvalue weighted by atomic mass is 35.5. The quantitative estimate of drug-likeness (QED) is 0.789. The maximum atomic E-state index is 12.6. The highest BCUT2D eigenvalue weighted by Gasteiger charge is 2.33. The number of rotatable bonds is 4. The minimum Gasteiger partial charge on any atom is -0.340 e. The molecule has 26 heavy (non-hydrogen) atoms. The van der Waals surface area contributed by atoms with Crippen LogP contribution in [0.1, 0.15) is 32.3 Å². The molecule has 0 bridgehead atoms. The van der Waals surface area contributed by atoms with Crippen molar-refractivity contribution in [2.75, 3.05) is 13.1 Å². The lowest BCUT2D eigenvalue weighted by Gasteiger charge is -2.22. The van der Waals surface area contributed by atoms with Gasteiger partial charge in [0.15, 0.2) is 0 Å². The van der Waals surface area contributed by atoms with Crippen LogP contribution < -0.4 is 10.5 Å². The molecule has 0 radical (unpaired) electrons. The van der Waals surface area contributed by atoms with Crippen LogP contribution in [0.2, 0.25) is 0 Å². The number of nitrogens with one attached hydrogen (secondary N) is 1. The first-order valence-electron chi connectivity index (χ1n) is 8.51. The SMILES string of the molecule is CC(CC(=O)N1CC(CN)CC1C)N=C1NS(=O)(=O)c2ccccc21.Cl. The highest BCUT2D eigenvalue weighted by molar-refractivity contribution is 7.90. The molecule has 144 valence electrons. The number of carbonyl (C=O) groups excluding carboxylic acids is 1. The van der Waals surface area contributed by atoms with Gasteiger partial charge in [-0.15, -0.1) is 12.4 Å². The van der Waals surface area contributed by atoms with Crippen LogP contribution in [0.5, 0.6) is 0 Å². The van der Waals surface area contributed by atoms with Crippen LogP contribution in [0.4, 0.5) is 0 Å². The van der Waals surface area contributed by atoms with Crippen LogP contribution in [-0.4, -0.2) is 50.2 Å². The van der Waals surface area contributed by atoms with Crippen LogP contribution in [0.3, 0.4) is 0 Å². The van der Waals surface area contributed by atoms with Crippen molar-refractivity contribution < 1.29 is 13.2 Å². The van der Waals surface area contributed by atoms with E-state index in [1.54, 1.807) is 24.3 Å². The lowest BCUT2D eigenvalue weighted by Crippen LogP contribution is -2.36. The summed E-state index contributed by atoms with van der Waals surface area (Å²) < 4.78 is 26.7. The molecule has 3 N–H and O–H groups in total. The second-order valence-corrected chi connectivity index (χ2v) is 8.52. The van der Waals surface area contributed by atoms with Gasteiger partial charge in [0, 0.05) is 24.6 Å². The zero-order chi connectivity index (χ0) is 18.2. The first-order chi connectivity index (χ1) is 11.8. The summed E-state index contributed by atoms with van der Waals surface area (Å²) in [4.78, 5) is 19.1. The molecule has 3 rings (SSSR count). The van der Waals surface area contributed by atoms with Gasteiger partial charge in [0.1, 0.15) is 5.84 Å². The predicted molar refractivity (Wildman–Crippen MR) is 103 cm³/mol. The Kier molecular flexibility index (Phi) is 6.31. The summed E-state index contributed by atoms with van der Waals surface area (Å²) in [6.07, 6.45) is 1.17. The molecule has 2 heterocycles. The Morgan fingerprint density at radius 3 is 2.77 bits per heavy atom.